The van der Waals surface area contributed by atoms with Crippen LogP contribution in [0.1, 0.15) is 19.4 Å². The third kappa shape index (κ3) is 6.14. The molecule has 0 aromatic heterocycles. The summed E-state index contributed by atoms with van der Waals surface area (Å²) in [5.41, 5.74) is 2.96. The van der Waals surface area contributed by atoms with Crippen molar-refractivity contribution in [2.75, 3.05) is 0 Å². The molecular weight excluding hydrogens is 371 g/mol. The van der Waals surface area contributed by atoms with Crippen LogP contribution in [0.4, 0.5) is 4.39 Å². The Bertz CT molecular complexity index is 981. The third-order valence-corrected chi connectivity index (χ3v) is 4.01. The molecule has 0 spiro atoms. The van der Waals surface area contributed by atoms with Gasteiger partial charge in [0.15, 0.2) is 0 Å². The summed E-state index contributed by atoms with van der Waals surface area (Å²) in [5.74, 6) is -1.09. The standard InChI is InChI=1S/C24H21FO4/c1-5-23(26)28-16(3)15-22(25)17(4)18-7-9-19(10-8-18)20-11-13-21(14-12-20)29-24(27)6-2/h5-15H,1-2H2,3-4H3/b16-15+,22-17-. The first-order chi connectivity index (χ1) is 13.8. The molecule has 0 saturated carbocycles. The monoisotopic (exact) mass is 392 g/mol. The molecule has 0 radical (unpaired) electrons. The summed E-state index contributed by atoms with van der Waals surface area (Å²) in [5, 5.41) is 0. The molecule has 29 heavy (non-hydrogen) atoms. The van der Waals surface area contributed by atoms with Crippen LogP contribution in [0.3, 0.4) is 0 Å². The lowest BCUT2D eigenvalue weighted by Gasteiger charge is -2.07. The number of ether oxygens (including phenoxy) is 2. The Kier molecular flexibility index (Phi) is 7.43. The molecule has 0 N–H and O–H groups in total. The first kappa shape index (κ1) is 21.6. The predicted octanol–water partition coefficient (Wildman–Crippen LogP) is 5.78. The van der Waals surface area contributed by atoms with Gasteiger partial charge >= 0.3 is 11.9 Å². The molecule has 2 aromatic carbocycles. The third-order valence-electron chi connectivity index (χ3n) is 4.01. The van der Waals surface area contributed by atoms with Crippen LogP contribution in [0.15, 0.2) is 91.5 Å². The largest absolute Gasteiger partial charge is 0.428 e. The van der Waals surface area contributed by atoms with E-state index in [2.05, 4.69) is 13.2 Å². The van der Waals surface area contributed by atoms with E-state index in [0.29, 0.717) is 16.9 Å². The maximum absolute atomic E-state index is 14.4. The Morgan fingerprint density at radius 2 is 1.38 bits per heavy atom. The Morgan fingerprint density at radius 3 is 1.90 bits per heavy atom. The van der Waals surface area contributed by atoms with Crippen LogP contribution in [0, 0.1) is 0 Å². The Morgan fingerprint density at radius 1 is 0.862 bits per heavy atom. The molecule has 0 unspecified atom stereocenters. The fraction of sp³-hybridized carbons (Fsp3) is 0.0833. The predicted molar refractivity (Wildman–Crippen MR) is 111 cm³/mol. The zero-order valence-corrected chi connectivity index (χ0v) is 16.3. The van der Waals surface area contributed by atoms with Crippen molar-refractivity contribution in [2.24, 2.45) is 0 Å². The molecule has 2 rings (SSSR count). The van der Waals surface area contributed by atoms with Gasteiger partial charge in [0, 0.05) is 18.2 Å². The second-order valence-corrected chi connectivity index (χ2v) is 6.08. The quantitative estimate of drug-likeness (QED) is 0.197. The summed E-state index contributed by atoms with van der Waals surface area (Å²) in [6, 6.07) is 14.4. The summed E-state index contributed by atoms with van der Waals surface area (Å²) in [4.78, 5) is 22.4. The van der Waals surface area contributed by atoms with E-state index < -0.39 is 17.8 Å². The van der Waals surface area contributed by atoms with Crippen molar-refractivity contribution in [2.45, 2.75) is 13.8 Å². The summed E-state index contributed by atoms with van der Waals surface area (Å²) >= 11 is 0. The number of rotatable bonds is 7. The summed E-state index contributed by atoms with van der Waals surface area (Å²) in [6.07, 6.45) is 3.27. The Balaban J connectivity index is 2.17. The number of hydrogen-bond acceptors (Lipinski definition) is 4. The average Bonchev–Trinajstić information content (AvgIpc) is 2.73. The van der Waals surface area contributed by atoms with Crippen LogP contribution in [-0.2, 0) is 14.3 Å². The van der Waals surface area contributed by atoms with Gasteiger partial charge in [-0.3, -0.25) is 0 Å². The van der Waals surface area contributed by atoms with E-state index in [4.69, 9.17) is 9.47 Å². The Hall–Kier alpha value is -3.73. The van der Waals surface area contributed by atoms with Gasteiger partial charge in [0.1, 0.15) is 17.3 Å². The number of hydrogen-bond donors (Lipinski definition) is 0. The van der Waals surface area contributed by atoms with E-state index in [1.54, 1.807) is 31.2 Å². The Labute approximate surface area is 169 Å². The zero-order chi connectivity index (χ0) is 21.4. The minimum Gasteiger partial charge on any atom is -0.428 e. The molecule has 5 heteroatoms. The van der Waals surface area contributed by atoms with E-state index in [9.17, 15) is 14.0 Å². The van der Waals surface area contributed by atoms with Gasteiger partial charge in [-0.2, -0.15) is 0 Å². The highest BCUT2D eigenvalue weighted by Gasteiger charge is 2.07. The molecule has 148 valence electrons. The van der Waals surface area contributed by atoms with Gasteiger partial charge in [0.2, 0.25) is 0 Å². The number of carbonyl (C=O) groups is 2. The fourth-order valence-corrected chi connectivity index (χ4v) is 2.44. The maximum atomic E-state index is 14.4. The lowest BCUT2D eigenvalue weighted by Crippen LogP contribution is -2.02. The van der Waals surface area contributed by atoms with E-state index in [0.717, 1.165) is 29.4 Å². The molecule has 0 amide bonds. The van der Waals surface area contributed by atoms with Crippen LogP contribution in [-0.4, -0.2) is 11.9 Å². The van der Waals surface area contributed by atoms with Gasteiger partial charge < -0.3 is 9.47 Å². The van der Waals surface area contributed by atoms with Gasteiger partial charge in [-0.1, -0.05) is 49.6 Å². The van der Waals surface area contributed by atoms with E-state index in [1.165, 1.54) is 6.92 Å². The van der Waals surface area contributed by atoms with Crippen LogP contribution in [0.25, 0.3) is 16.7 Å². The van der Waals surface area contributed by atoms with Crippen molar-refractivity contribution in [1.29, 1.82) is 0 Å². The van der Waals surface area contributed by atoms with Crippen molar-refractivity contribution < 1.29 is 23.5 Å². The smallest absolute Gasteiger partial charge is 0.335 e. The molecule has 2 aromatic rings. The highest BCUT2D eigenvalue weighted by Crippen LogP contribution is 2.26. The first-order valence-corrected chi connectivity index (χ1v) is 8.78. The van der Waals surface area contributed by atoms with E-state index >= 15 is 0 Å². The molecule has 4 nitrogen and oxygen atoms in total. The number of benzene rings is 2. The summed E-state index contributed by atoms with van der Waals surface area (Å²) in [7, 11) is 0. The van der Waals surface area contributed by atoms with Crippen molar-refractivity contribution in [3.05, 3.63) is 97.1 Å². The molecule has 0 heterocycles. The minimum absolute atomic E-state index is 0.139. The number of halogens is 1. The van der Waals surface area contributed by atoms with Crippen molar-refractivity contribution in [1.82, 2.24) is 0 Å². The topological polar surface area (TPSA) is 52.6 Å². The normalized spacial score (nSPS) is 11.9. The SMILES string of the molecule is C=CC(=O)O/C(C)=C/C(F)=C(\C)c1ccc(-c2ccc(OC(=O)C=C)cc2)cc1. The molecular formula is C24H21FO4. The molecule has 0 atom stereocenters. The highest BCUT2D eigenvalue weighted by atomic mass is 19.1. The highest BCUT2D eigenvalue weighted by molar-refractivity contribution is 5.83. The van der Waals surface area contributed by atoms with Crippen LogP contribution in [0.2, 0.25) is 0 Å². The molecule has 0 saturated heterocycles. The van der Waals surface area contributed by atoms with E-state index in [1.807, 2.05) is 24.3 Å². The van der Waals surface area contributed by atoms with E-state index in [-0.39, 0.29) is 5.76 Å². The lowest BCUT2D eigenvalue weighted by molar-refractivity contribution is -0.133. The van der Waals surface area contributed by atoms with Crippen molar-refractivity contribution in [3.63, 3.8) is 0 Å². The number of esters is 2. The average molecular weight is 392 g/mol. The zero-order valence-electron chi connectivity index (χ0n) is 16.3. The lowest BCUT2D eigenvalue weighted by atomic mass is 10.0. The number of allylic oxidation sites excluding steroid dienone is 4. The van der Waals surface area contributed by atoms with Crippen molar-refractivity contribution >= 4 is 17.5 Å². The number of carbonyl (C=O) groups excluding carboxylic acids is 2. The van der Waals surface area contributed by atoms with Gasteiger partial charge in [-0.25, -0.2) is 14.0 Å². The van der Waals surface area contributed by atoms with Crippen LogP contribution < -0.4 is 4.74 Å². The van der Waals surface area contributed by atoms with Crippen molar-refractivity contribution in [3.8, 4) is 16.9 Å². The second-order valence-electron chi connectivity index (χ2n) is 6.08. The second kappa shape index (κ2) is 9.99. The maximum Gasteiger partial charge on any atom is 0.335 e. The van der Waals surface area contributed by atoms with Gasteiger partial charge in [0.05, 0.1) is 0 Å². The summed E-state index contributed by atoms with van der Waals surface area (Å²) < 4.78 is 24.3. The summed E-state index contributed by atoms with van der Waals surface area (Å²) in [6.45, 7) is 9.79. The first-order valence-electron chi connectivity index (χ1n) is 8.78. The molecule has 0 aliphatic carbocycles. The molecule has 0 fully saturated rings. The molecule has 0 aliphatic rings. The van der Waals surface area contributed by atoms with Gasteiger partial charge in [-0.05, 0) is 48.2 Å². The van der Waals surface area contributed by atoms with Gasteiger partial charge in [-0.15, -0.1) is 0 Å². The minimum atomic E-state index is -0.640. The van der Waals surface area contributed by atoms with Gasteiger partial charge in [0.25, 0.3) is 0 Å². The fourth-order valence-electron chi connectivity index (χ4n) is 2.44. The van der Waals surface area contributed by atoms with Crippen LogP contribution in [0.5, 0.6) is 5.75 Å². The molecule has 0 bridgehead atoms. The van der Waals surface area contributed by atoms with Crippen LogP contribution >= 0.6 is 0 Å². The molecule has 0 aliphatic heterocycles.